The summed E-state index contributed by atoms with van der Waals surface area (Å²) in [7, 11) is -1.74. The van der Waals surface area contributed by atoms with E-state index in [1.807, 2.05) is 0 Å². The number of aryl methyl sites for hydroxylation is 1. The molecular weight excluding hydrogens is 356 g/mol. The second-order valence-corrected chi connectivity index (χ2v) is 9.46. The van der Waals surface area contributed by atoms with Crippen LogP contribution >= 0.6 is 0 Å². The van der Waals surface area contributed by atoms with Crippen LogP contribution in [0.1, 0.15) is 43.1 Å². The van der Waals surface area contributed by atoms with E-state index in [1.54, 1.807) is 36.9 Å². The summed E-state index contributed by atoms with van der Waals surface area (Å²) in [6.07, 6.45) is 5.17. The molecule has 9 heteroatoms. The SMILES string of the molecule is CCS(=O)(=O)N1CC(NC(=O)c2cccn2C)C(=O)NC2(CCCC2)C1. The molecule has 1 spiro atoms. The van der Waals surface area contributed by atoms with Crippen molar-refractivity contribution in [1.82, 2.24) is 19.5 Å². The van der Waals surface area contributed by atoms with E-state index in [4.69, 9.17) is 0 Å². The van der Waals surface area contributed by atoms with Crippen molar-refractivity contribution in [3.63, 3.8) is 0 Å². The van der Waals surface area contributed by atoms with Crippen molar-refractivity contribution in [1.29, 1.82) is 0 Å². The van der Waals surface area contributed by atoms with Gasteiger partial charge in [-0.2, -0.15) is 4.31 Å². The van der Waals surface area contributed by atoms with E-state index in [2.05, 4.69) is 10.6 Å². The molecule has 2 amide bonds. The molecule has 144 valence electrons. The fourth-order valence-corrected chi connectivity index (χ4v) is 5.03. The highest BCUT2D eigenvalue weighted by atomic mass is 32.2. The number of nitrogens with one attached hydrogen (secondary N) is 2. The number of carbonyl (C=O) groups excluding carboxylic acids is 2. The highest BCUT2D eigenvalue weighted by molar-refractivity contribution is 7.89. The summed E-state index contributed by atoms with van der Waals surface area (Å²) in [5, 5.41) is 5.74. The molecule has 8 nitrogen and oxygen atoms in total. The van der Waals surface area contributed by atoms with E-state index < -0.39 is 27.5 Å². The molecule has 1 atom stereocenters. The van der Waals surface area contributed by atoms with Crippen LogP contribution in [-0.2, 0) is 21.9 Å². The van der Waals surface area contributed by atoms with E-state index in [9.17, 15) is 18.0 Å². The fraction of sp³-hybridized carbons (Fsp3) is 0.647. The zero-order valence-corrected chi connectivity index (χ0v) is 16.0. The third-order valence-electron chi connectivity index (χ3n) is 5.37. The van der Waals surface area contributed by atoms with Crippen LogP contribution in [-0.4, -0.2) is 59.5 Å². The molecule has 1 unspecified atom stereocenters. The average Bonchev–Trinajstić information content (AvgIpc) is 3.19. The maximum Gasteiger partial charge on any atom is 0.268 e. The predicted molar refractivity (Wildman–Crippen MR) is 97.0 cm³/mol. The van der Waals surface area contributed by atoms with E-state index in [0.29, 0.717) is 5.69 Å². The fourth-order valence-electron chi connectivity index (χ4n) is 3.85. The Labute approximate surface area is 154 Å². The molecular formula is C17H26N4O4S. The standard InChI is InChI=1S/C17H26N4O4S/c1-3-26(24,25)21-11-13(18-16(23)14-7-6-10-20(14)2)15(22)19-17(12-21)8-4-5-9-17/h6-7,10,13H,3-5,8-9,11-12H2,1-2H3,(H,18,23)(H,19,22). The van der Waals surface area contributed by atoms with Gasteiger partial charge in [0.2, 0.25) is 15.9 Å². The Kier molecular flexibility index (Phi) is 5.12. The first-order valence-electron chi connectivity index (χ1n) is 8.98. The van der Waals surface area contributed by atoms with Crippen LogP contribution in [0.4, 0.5) is 0 Å². The van der Waals surface area contributed by atoms with Crippen LogP contribution in [0.2, 0.25) is 0 Å². The van der Waals surface area contributed by atoms with Gasteiger partial charge in [0.05, 0.1) is 11.3 Å². The number of carbonyl (C=O) groups is 2. The molecule has 1 aliphatic heterocycles. The summed E-state index contributed by atoms with van der Waals surface area (Å²) in [6, 6.07) is 2.48. The van der Waals surface area contributed by atoms with Gasteiger partial charge in [0.25, 0.3) is 5.91 Å². The number of hydrogen-bond donors (Lipinski definition) is 2. The van der Waals surface area contributed by atoms with Gasteiger partial charge in [-0.15, -0.1) is 0 Å². The highest BCUT2D eigenvalue weighted by Gasteiger charge is 2.45. The van der Waals surface area contributed by atoms with Gasteiger partial charge in [0, 0.05) is 26.3 Å². The van der Waals surface area contributed by atoms with Crippen molar-refractivity contribution in [2.24, 2.45) is 7.05 Å². The van der Waals surface area contributed by atoms with E-state index in [-0.39, 0.29) is 24.7 Å². The monoisotopic (exact) mass is 382 g/mol. The van der Waals surface area contributed by atoms with Crippen LogP contribution < -0.4 is 10.6 Å². The Balaban J connectivity index is 1.86. The molecule has 2 aliphatic rings. The third-order valence-corrected chi connectivity index (χ3v) is 7.17. The van der Waals surface area contributed by atoms with Crippen molar-refractivity contribution >= 4 is 21.8 Å². The van der Waals surface area contributed by atoms with Crippen molar-refractivity contribution in [3.05, 3.63) is 24.0 Å². The van der Waals surface area contributed by atoms with E-state index in [1.165, 1.54) is 4.31 Å². The molecule has 2 fully saturated rings. The first-order chi connectivity index (χ1) is 12.3. The van der Waals surface area contributed by atoms with Gasteiger partial charge in [-0.25, -0.2) is 8.42 Å². The molecule has 0 radical (unpaired) electrons. The Morgan fingerprint density at radius 1 is 1.38 bits per heavy atom. The summed E-state index contributed by atoms with van der Waals surface area (Å²) in [6.45, 7) is 1.82. The number of rotatable bonds is 4. The Morgan fingerprint density at radius 3 is 2.65 bits per heavy atom. The van der Waals surface area contributed by atoms with Gasteiger partial charge in [-0.05, 0) is 31.9 Å². The molecule has 0 aromatic carbocycles. The van der Waals surface area contributed by atoms with Gasteiger partial charge in [-0.3, -0.25) is 9.59 Å². The Hall–Kier alpha value is -1.87. The minimum absolute atomic E-state index is 0.0320. The lowest BCUT2D eigenvalue weighted by Gasteiger charge is -2.32. The third kappa shape index (κ3) is 3.64. The zero-order chi connectivity index (χ0) is 18.9. The van der Waals surface area contributed by atoms with Gasteiger partial charge < -0.3 is 15.2 Å². The quantitative estimate of drug-likeness (QED) is 0.778. The highest BCUT2D eigenvalue weighted by Crippen LogP contribution is 2.32. The normalized spacial score (nSPS) is 23.6. The van der Waals surface area contributed by atoms with Crippen LogP contribution in [0, 0.1) is 0 Å². The number of sulfonamides is 1. The molecule has 1 aromatic rings. The van der Waals surface area contributed by atoms with Crippen LogP contribution in [0.3, 0.4) is 0 Å². The minimum atomic E-state index is -3.48. The molecule has 0 bridgehead atoms. The summed E-state index contributed by atoms with van der Waals surface area (Å²) in [5.41, 5.74) is -0.105. The van der Waals surface area contributed by atoms with Gasteiger partial charge in [-0.1, -0.05) is 12.8 Å². The van der Waals surface area contributed by atoms with Crippen LogP contribution in [0.25, 0.3) is 0 Å². The van der Waals surface area contributed by atoms with Crippen molar-refractivity contribution < 1.29 is 18.0 Å². The van der Waals surface area contributed by atoms with Gasteiger partial charge in [0.1, 0.15) is 11.7 Å². The number of amides is 2. The topological polar surface area (TPSA) is 101 Å². The number of hydrogen-bond acceptors (Lipinski definition) is 4. The van der Waals surface area contributed by atoms with Crippen molar-refractivity contribution in [2.45, 2.75) is 44.2 Å². The second-order valence-electron chi connectivity index (χ2n) is 7.20. The smallest absolute Gasteiger partial charge is 0.268 e. The lowest BCUT2D eigenvalue weighted by molar-refractivity contribution is -0.124. The first-order valence-corrected chi connectivity index (χ1v) is 10.6. The summed E-state index contributed by atoms with van der Waals surface area (Å²) in [4.78, 5) is 25.3. The van der Waals surface area contributed by atoms with Crippen molar-refractivity contribution in [3.8, 4) is 0 Å². The lowest BCUT2D eigenvalue weighted by atomic mass is 9.98. The summed E-state index contributed by atoms with van der Waals surface area (Å²) in [5.74, 6) is -0.743. The molecule has 1 saturated heterocycles. The maximum atomic E-state index is 12.8. The molecule has 2 heterocycles. The lowest BCUT2D eigenvalue weighted by Crippen LogP contribution is -2.54. The molecule has 3 rings (SSSR count). The molecule has 1 aliphatic carbocycles. The minimum Gasteiger partial charge on any atom is -0.348 e. The Morgan fingerprint density at radius 2 is 2.08 bits per heavy atom. The molecule has 1 aromatic heterocycles. The van der Waals surface area contributed by atoms with Gasteiger partial charge >= 0.3 is 0 Å². The van der Waals surface area contributed by atoms with E-state index in [0.717, 1.165) is 25.7 Å². The number of nitrogens with zero attached hydrogens (tertiary/aromatic N) is 2. The largest absolute Gasteiger partial charge is 0.348 e. The number of aromatic nitrogens is 1. The summed E-state index contributed by atoms with van der Waals surface area (Å²) < 4.78 is 28.1. The molecule has 2 N–H and O–H groups in total. The van der Waals surface area contributed by atoms with Gasteiger partial charge in [0.15, 0.2) is 0 Å². The second kappa shape index (κ2) is 7.03. The Bertz CT molecular complexity index is 795. The average molecular weight is 382 g/mol. The van der Waals surface area contributed by atoms with Crippen molar-refractivity contribution in [2.75, 3.05) is 18.8 Å². The first kappa shape index (κ1) is 18.9. The summed E-state index contributed by atoms with van der Waals surface area (Å²) >= 11 is 0. The zero-order valence-electron chi connectivity index (χ0n) is 15.2. The van der Waals surface area contributed by atoms with E-state index >= 15 is 0 Å². The molecule has 26 heavy (non-hydrogen) atoms. The molecule has 1 saturated carbocycles. The maximum absolute atomic E-state index is 12.8. The van der Waals surface area contributed by atoms with Crippen LogP contribution in [0.15, 0.2) is 18.3 Å². The van der Waals surface area contributed by atoms with Crippen LogP contribution in [0.5, 0.6) is 0 Å². The predicted octanol–water partition coefficient (Wildman–Crippen LogP) is 0.218.